The van der Waals surface area contributed by atoms with Gasteiger partial charge in [-0.25, -0.2) is 0 Å². The van der Waals surface area contributed by atoms with Gasteiger partial charge in [-0.1, -0.05) is 26.0 Å². The Morgan fingerprint density at radius 2 is 2.00 bits per heavy atom. The van der Waals surface area contributed by atoms with E-state index in [1.54, 1.807) is 6.20 Å². The molecule has 0 bridgehead atoms. The maximum absolute atomic E-state index is 10.9. The number of aliphatic hydroxyl groups is 1. The third kappa shape index (κ3) is 3.48. The van der Waals surface area contributed by atoms with Gasteiger partial charge in [0.1, 0.15) is 6.07 Å². The molecule has 0 amide bonds. The molecule has 1 heterocycles. The summed E-state index contributed by atoms with van der Waals surface area (Å²) >= 11 is 0. The van der Waals surface area contributed by atoms with E-state index in [1.807, 2.05) is 10.9 Å². The summed E-state index contributed by atoms with van der Waals surface area (Å²) in [5.74, 6) is 4.77. The number of nitrogens with zero attached hydrogens (tertiary/aromatic N) is 3. The van der Waals surface area contributed by atoms with Crippen LogP contribution in [0.4, 0.5) is 0 Å². The van der Waals surface area contributed by atoms with Crippen molar-refractivity contribution >= 4 is 0 Å². The Morgan fingerprint density at radius 1 is 1.19 bits per heavy atom. The molecule has 0 saturated heterocycles. The zero-order chi connectivity index (χ0) is 21.8. The van der Waals surface area contributed by atoms with Crippen molar-refractivity contribution in [2.24, 2.45) is 40.9 Å². The summed E-state index contributed by atoms with van der Waals surface area (Å²) in [6.45, 7) is 9.99. The molecule has 0 radical (unpaired) electrons. The van der Waals surface area contributed by atoms with E-state index in [-0.39, 0.29) is 5.60 Å². The maximum atomic E-state index is 10.9. The Hall–Kier alpha value is -1.60. The normalized spacial score (nSPS) is 44.1. The number of hydrogen-bond acceptors (Lipinski definition) is 3. The van der Waals surface area contributed by atoms with Crippen LogP contribution in [0.2, 0.25) is 0 Å². The molecular weight excluding hydrogens is 382 g/mol. The minimum atomic E-state index is -0.384. The van der Waals surface area contributed by atoms with Gasteiger partial charge in [0, 0.05) is 6.20 Å². The largest absolute Gasteiger partial charge is 0.390 e. The van der Waals surface area contributed by atoms with E-state index < -0.39 is 0 Å². The van der Waals surface area contributed by atoms with E-state index in [2.05, 4.69) is 31.6 Å². The summed E-state index contributed by atoms with van der Waals surface area (Å²) in [6, 6.07) is 2.18. The van der Waals surface area contributed by atoms with Crippen molar-refractivity contribution in [2.45, 2.75) is 90.2 Å². The molecule has 31 heavy (non-hydrogen) atoms. The zero-order valence-corrected chi connectivity index (χ0v) is 19.4. The van der Waals surface area contributed by atoms with Gasteiger partial charge < -0.3 is 5.11 Å². The topological polar surface area (TPSA) is 61.8 Å². The minimum Gasteiger partial charge on any atom is -0.390 e. The van der Waals surface area contributed by atoms with Crippen LogP contribution >= 0.6 is 0 Å². The Labute approximate surface area is 187 Å². The molecule has 0 aliphatic heterocycles. The first-order chi connectivity index (χ1) is 14.9. The molecule has 1 aromatic rings. The summed E-state index contributed by atoms with van der Waals surface area (Å²) in [5, 5.41) is 24.4. The SMILES string of the molecule is C=C(Cn1cc(C#N)cn1)[C@H]1CC[C@H]2[C@@H]3CC[C@@H]4C[C@@](O)(CC)CC[C@@H]4[C@H]3CC[C@]12C. The van der Waals surface area contributed by atoms with Gasteiger partial charge in [0.25, 0.3) is 0 Å². The Bertz CT molecular complexity index is 883. The van der Waals surface area contributed by atoms with Crippen LogP contribution in [0.25, 0.3) is 0 Å². The average molecular weight is 422 g/mol. The van der Waals surface area contributed by atoms with Crippen molar-refractivity contribution in [1.29, 1.82) is 5.26 Å². The average Bonchev–Trinajstić information content (AvgIpc) is 3.36. The highest BCUT2D eigenvalue weighted by molar-refractivity contribution is 5.22. The molecule has 1 N–H and O–H groups in total. The second-order valence-corrected chi connectivity index (χ2v) is 11.6. The fourth-order valence-electron chi connectivity index (χ4n) is 8.78. The molecule has 8 atom stereocenters. The van der Waals surface area contributed by atoms with E-state index in [0.29, 0.717) is 16.9 Å². The second-order valence-electron chi connectivity index (χ2n) is 11.6. The van der Waals surface area contributed by atoms with Crippen LogP contribution in [0.15, 0.2) is 24.5 Å². The quantitative estimate of drug-likeness (QED) is 0.632. The molecule has 4 saturated carbocycles. The summed E-state index contributed by atoms with van der Waals surface area (Å²) in [6.07, 6.45) is 15.7. The van der Waals surface area contributed by atoms with Crippen molar-refractivity contribution in [3.05, 3.63) is 30.1 Å². The van der Waals surface area contributed by atoms with E-state index in [0.717, 1.165) is 55.4 Å². The molecule has 0 spiro atoms. The van der Waals surface area contributed by atoms with Gasteiger partial charge in [-0.2, -0.15) is 10.4 Å². The number of rotatable bonds is 4. The van der Waals surface area contributed by atoms with Gasteiger partial charge in [0.15, 0.2) is 0 Å². The number of hydrogen-bond donors (Lipinski definition) is 1. The Balaban J connectivity index is 1.29. The molecule has 4 heteroatoms. The van der Waals surface area contributed by atoms with Gasteiger partial charge in [-0.3, -0.25) is 4.68 Å². The highest BCUT2D eigenvalue weighted by Gasteiger charge is 2.57. The molecule has 168 valence electrons. The Morgan fingerprint density at radius 3 is 2.74 bits per heavy atom. The van der Waals surface area contributed by atoms with E-state index in [9.17, 15) is 5.11 Å². The van der Waals surface area contributed by atoms with Crippen molar-refractivity contribution in [1.82, 2.24) is 9.78 Å². The first-order valence-corrected chi connectivity index (χ1v) is 12.7. The third-order valence-electron chi connectivity index (χ3n) is 10.4. The third-order valence-corrected chi connectivity index (χ3v) is 10.4. The number of allylic oxidation sites excluding steroid dienone is 1. The predicted octanol–water partition coefficient (Wildman–Crippen LogP) is 5.72. The zero-order valence-electron chi connectivity index (χ0n) is 19.4. The standard InChI is InChI=1S/C27H39N3O/c1-4-27(31)12-10-21-20(13-27)5-6-23-22(21)9-11-26(3)24(7-8-25(23)26)18(2)16-30-17-19(14-28)15-29-30/h15,17,20-25,31H,2,4-13,16H2,1,3H3/t20-,21+,22-,23-,24-,25+,26-,27-/m1/s1. The van der Waals surface area contributed by atoms with Crippen LogP contribution < -0.4 is 0 Å². The first kappa shape index (κ1) is 21.3. The summed E-state index contributed by atoms with van der Waals surface area (Å²) in [5.41, 5.74) is 1.92. The van der Waals surface area contributed by atoms with Crippen LogP contribution in [0.1, 0.15) is 83.6 Å². The molecule has 4 aliphatic carbocycles. The predicted molar refractivity (Wildman–Crippen MR) is 122 cm³/mol. The van der Waals surface area contributed by atoms with Crippen LogP contribution in [-0.2, 0) is 6.54 Å². The maximum Gasteiger partial charge on any atom is 0.102 e. The van der Waals surface area contributed by atoms with Gasteiger partial charge in [0.05, 0.1) is 23.9 Å². The van der Waals surface area contributed by atoms with Crippen molar-refractivity contribution < 1.29 is 5.11 Å². The van der Waals surface area contributed by atoms with Crippen LogP contribution in [0.5, 0.6) is 0 Å². The Kier molecular flexibility index (Phi) is 5.32. The van der Waals surface area contributed by atoms with Crippen molar-refractivity contribution in [2.75, 3.05) is 0 Å². The molecule has 0 unspecified atom stereocenters. The van der Waals surface area contributed by atoms with E-state index in [1.165, 1.54) is 50.5 Å². The lowest BCUT2D eigenvalue weighted by molar-refractivity contribution is -0.105. The molecule has 5 rings (SSSR count). The number of fused-ring (bicyclic) bond motifs is 5. The van der Waals surface area contributed by atoms with Crippen LogP contribution in [0.3, 0.4) is 0 Å². The molecule has 4 nitrogen and oxygen atoms in total. The summed E-state index contributed by atoms with van der Waals surface area (Å²) in [7, 11) is 0. The van der Waals surface area contributed by atoms with Crippen LogP contribution in [0, 0.1) is 52.3 Å². The summed E-state index contributed by atoms with van der Waals surface area (Å²) in [4.78, 5) is 0. The van der Waals surface area contributed by atoms with Gasteiger partial charge >= 0.3 is 0 Å². The minimum absolute atomic E-state index is 0.370. The molecular formula is C27H39N3O. The lowest BCUT2D eigenvalue weighted by Gasteiger charge is -2.57. The molecule has 1 aromatic heterocycles. The van der Waals surface area contributed by atoms with Gasteiger partial charge in [0.2, 0.25) is 0 Å². The number of nitriles is 1. The van der Waals surface area contributed by atoms with Crippen molar-refractivity contribution in [3.63, 3.8) is 0 Å². The fraction of sp³-hybridized carbons (Fsp3) is 0.778. The lowest BCUT2D eigenvalue weighted by atomic mass is 9.48. The van der Waals surface area contributed by atoms with Gasteiger partial charge in [-0.05, 0) is 105 Å². The molecule has 4 aliphatic rings. The van der Waals surface area contributed by atoms with E-state index >= 15 is 0 Å². The van der Waals surface area contributed by atoms with Crippen molar-refractivity contribution in [3.8, 4) is 6.07 Å². The fourth-order valence-corrected chi connectivity index (χ4v) is 8.78. The highest BCUT2D eigenvalue weighted by Crippen LogP contribution is 2.65. The second kappa shape index (κ2) is 7.77. The summed E-state index contributed by atoms with van der Waals surface area (Å²) < 4.78 is 1.89. The first-order valence-electron chi connectivity index (χ1n) is 12.7. The number of aromatic nitrogens is 2. The van der Waals surface area contributed by atoms with E-state index in [4.69, 9.17) is 5.26 Å². The van der Waals surface area contributed by atoms with Crippen LogP contribution in [-0.4, -0.2) is 20.5 Å². The molecule has 4 fully saturated rings. The molecule has 0 aromatic carbocycles. The highest BCUT2D eigenvalue weighted by atomic mass is 16.3. The smallest absolute Gasteiger partial charge is 0.102 e. The lowest BCUT2D eigenvalue weighted by Crippen LogP contribution is -2.51. The van der Waals surface area contributed by atoms with Gasteiger partial charge in [-0.15, -0.1) is 0 Å². The monoisotopic (exact) mass is 421 g/mol.